The van der Waals surface area contributed by atoms with Crippen molar-refractivity contribution in [2.45, 2.75) is 13.8 Å². The van der Waals surface area contributed by atoms with Gasteiger partial charge in [-0.15, -0.1) is 0 Å². The molecule has 0 aliphatic rings. The molecule has 3 rings (SSSR count). The van der Waals surface area contributed by atoms with Crippen LogP contribution in [0.5, 0.6) is 0 Å². The molecule has 2 aromatic carbocycles. The van der Waals surface area contributed by atoms with Gasteiger partial charge in [0.2, 0.25) is 0 Å². The van der Waals surface area contributed by atoms with Crippen LogP contribution in [0.1, 0.15) is 27.2 Å². The SMILES string of the molecule is Cc1ccccc1C(=O)N/N=C/c1c(C)nn(-c2ccccc2)c1Cl. The van der Waals surface area contributed by atoms with E-state index in [1.807, 2.05) is 62.4 Å². The second kappa shape index (κ2) is 7.32. The largest absolute Gasteiger partial charge is 0.271 e. The van der Waals surface area contributed by atoms with Crippen molar-refractivity contribution in [1.82, 2.24) is 15.2 Å². The molecule has 1 aromatic heterocycles. The maximum Gasteiger partial charge on any atom is 0.271 e. The summed E-state index contributed by atoms with van der Waals surface area (Å²) >= 11 is 6.42. The molecule has 0 saturated carbocycles. The summed E-state index contributed by atoms with van der Waals surface area (Å²) in [6.07, 6.45) is 1.51. The molecule has 6 heteroatoms. The van der Waals surface area contributed by atoms with Crippen molar-refractivity contribution < 1.29 is 4.79 Å². The number of aromatic nitrogens is 2. The lowest BCUT2D eigenvalue weighted by atomic mass is 10.1. The highest BCUT2D eigenvalue weighted by molar-refractivity contribution is 6.32. The molecule has 0 bridgehead atoms. The lowest BCUT2D eigenvalue weighted by molar-refractivity contribution is 0.0954. The van der Waals surface area contributed by atoms with E-state index in [1.165, 1.54) is 6.21 Å². The van der Waals surface area contributed by atoms with E-state index in [4.69, 9.17) is 11.6 Å². The Balaban J connectivity index is 1.80. The number of para-hydroxylation sites is 1. The Kier molecular flexibility index (Phi) is 4.95. The van der Waals surface area contributed by atoms with Crippen molar-refractivity contribution in [3.05, 3.63) is 82.1 Å². The fourth-order valence-electron chi connectivity index (χ4n) is 2.44. The summed E-state index contributed by atoms with van der Waals surface area (Å²) in [6.45, 7) is 3.72. The molecule has 0 saturated heterocycles. The predicted octanol–water partition coefficient (Wildman–Crippen LogP) is 3.91. The molecule has 0 unspecified atom stereocenters. The number of hydrogen-bond donors (Lipinski definition) is 1. The van der Waals surface area contributed by atoms with E-state index in [1.54, 1.807) is 10.7 Å². The number of benzene rings is 2. The summed E-state index contributed by atoms with van der Waals surface area (Å²) in [5.41, 5.74) is 6.25. The number of aryl methyl sites for hydroxylation is 2. The maximum absolute atomic E-state index is 12.2. The van der Waals surface area contributed by atoms with E-state index in [0.717, 1.165) is 16.9 Å². The molecule has 0 aliphatic carbocycles. The minimum Gasteiger partial charge on any atom is -0.267 e. The summed E-state index contributed by atoms with van der Waals surface area (Å²) < 4.78 is 1.64. The van der Waals surface area contributed by atoms with E-state index in [-0.39, 0.29) is 5.91 Å². The second-order valence-corrected chi connectivity index (χ2v) is 5.91. The maximum atomic E-state index is 12.2. The van der Waals surface area contributed by atoms with Gasteiger partial charge in [-0.05, 0) is 37.6 Å². The van der Waals surface area contributed by atoms with Crippen molar-refractivity contribution in [1.29, 1.82) is 0 Å². The van der Waals surface area contributed by atoms with Crippen LogP contribution >= 0.6 is 11.6 Å². The van der Waals surface area contributed by atoms with Crippen LogP contribution in [0.3, 0.4) is 0 Å². The third-order valence-electron chi connectivity index (χ3n) is 3.80. The topological polar surface area (TPSA) is 59.3 Å². The Morgan fingerprint density at radius 3 is 2.52 bits per heavy atom. The normalized spacial score (nSPS) is 11.0. The van der Waals surface area contributed by atoms with Crippen molar-refractivity contribution in [3.63, 3.8) is 0 Å². The third kappa shape index (κ3) is 3.61. The fourth-order valence-corrected chi connectivity index (χ4v) is 2.76. The van der Waals surface area contributed by atoms with E-state index in [0.29, 0.717) is 16.3 Å². The summed E-state index contributed by atoms with van der Waals surface area (Å²) in [4.78, 5) is 12.2. The number of hydrazone groups is 1. The zero-order valence-electron chi connectivity index (χ0n) is 13.9. The Morgan fingerprint density at radius 1 is 1.12 bits per heavy atom. The molecule has 0 aliphatic heterocycles. The van der Waals surface area contributed by atoms with Crippen molar-refractivity contribution in [2.75, 3.05) is 0 Å². The van der Waals surface area contributed by atoms with Gasteiger partial charge in [0.15, 0.2) is 0 Å². The molecule has 1 N–H and O–H groups in total. The number of nitrogens with zero attached hydrogens (tertiary/aromatic N) is 3. The van der Waals surface area contributed by atoms with Crippen LogP contribution in [0.4, 0.5) is 0 Å². The first-order chi connectivity index (χ1) is 12.1. The molecule has 1 amide bonds. The quantitative estimate of drug-likeness (QED) is 0.571. The van der Waals surface area contributed by atoms with Gasteiger partial charge in [0.25, 0.3) is 5.91 Å². The van der Waals surface area contributed by atoms with E-state index in [9.17, 15) is 4.79 Å². The van der Waals surface area contributed by atoms with Gasteiger partial charge in [0, 0.05) is 5.56 Å². The highest BCUT2D eigenvalue weighted by Crippen LogP contribution is 2.21. The van der Waals surface area contributed by atoms with Crippen LogP contribution in [0.25, 0.3) is 5.69 Å². The van der Waals surface area contributed by atoms with Crippen LogP contribution < -0.4 is 5.43 Å². The number of carbonyl (C=O) groups is 1. The fraction of sp³-hybridized carbons (Fsp3) is 0.105. The summed E-state index contributed by atoms with van der Waals surface area (Å²) in [5, 5.41) is 8.90. The van der Waals surface area contributed by atoms with E-state index in [2.05, 4.69) is 15.6 Å². The molecular weight excluding hydrogens is 336 g/mol. The minimum atomic E-state index is -0.265. The van der Waals surface area contributed by atoms with Gasteiger partial charge < -0.3 is 0 Å². The van der Waals surface area contributed by atoms with Gasteiger partial charge in [0.05, 0.1) is 23.2 Å². The van der Waals surface area contributed by atoms with E-state index < -0.39 is 0 Å². The lowest BCUT2D eigenvalue weighted by Gasteiger charge is -2.03. The standard InChI is InChI=1S/C19H17ClN4O/c1-13-8-6-7-11-16(13)19(25)22-21-12-17-14(2)23-24(18(17)20)15-9-4-3-5-10-15/h3-12H,1-2H3,(H,22,25)/b21-12+. The van der Waals surface area contributed by atoms with Gasteiger partial charge in [-0.25, -0.2) is 10.1 Å². The highest BCUT2D eigenvalue weighted by atomic mass is 35.5. The average molecular weight is 353 g/mol. The van der Waals surface area contributed by atoms with E-state index >= 15 is 0 Å². The third-order valence-corrected chi connectivity index (χ3v) is 4.16. The van der Waals surface area contributed by atoms with Crippen LogP contribution in [0.15, 0.2) is 59.7 Å². The number of rotatable bonds is 4. The second-order valence-electron chi connectivity index (χ2n) is 5.55. The molecule has 1 heterocycles. The minimum absolute atomic E-state index is 0.265. The van der Waals surface area contributed by atoms with Crippen LogP contribution in [0, 0.1) is 13.8 Å². The molecule has 0 spiro atoms. The number of halogens is 1. The summed E-state index contributed by atoms with van der Waals surface area (Å²) in [7, 11) is 0. The number of hydrogen-bond acceptors (Lipinski definition) is 3. The molecule has 0 radical (unpaired) electrons. The monoisotopic (exact) mass is 352 g/mol. The first-order valence-electron chi connectivity index (χ1n) is 7.77. The van der Waals surface area contributed by atoms with Crippen molar-refractivity contribution >= 4 is 23.7 Å². The number of amides is 1. The average Bonchev–Trinajstić information content (AvgIpc) is 2.91. The van der Waals surface area contributed by atoms with Gasteiger partial charge in [-0.3, -0.25) is 4.79 Å². The Morgan fingerprint density at radius 2 is 1.80 bits per heavy atom. The lowest BCUT2D eigenvalue weighted by Crippen LogP contribution is -2.18. The molecule has 5 nitrogen and oxygen atoms in total. The molecule has 25 heavy (non-hydrogen) atoms. The zero-order chi connectivity index (χ0) is 17.8. The zero-order valence-corrected chi connectivity index (χ0v) is 14.7. The van der Waals surface area contributed by atoms with Gasteiger partial charge in [0.1, 0.15) is 5.15 Å². The van der Waals surface area contributed by atoms with Crippen LogP contribution in [0.2, 0.25) is 5.15 Å². The molecular formula is C19H17ClN4O. The number of nitrogens with one attached hydrogen (secondary N) is 1. The van der Waals surface area contributed by atoms with Gasteiger partial charge in [-0.2, -0.15) is 10.2 Å². The molecule has 0 atom stereocenters. The predicted molar refractivity (Wildman–Crippen MR) is 99.6 cm³/mol. The summed E-state index contributed by atoms with van der Waals surface area (Å²) in [6, 6.07) is 16.9. The Hall–Kier alpha value is -2.92. The van der Waals surface area contributed by atoms with Crippen molar-refractivity contribution in [2.24, 2.45) is 5.10 Å². The first-order valence-corrected chi connectivity index (χ1v) is 8.15. The van der Waals surface area contributed by atoms with Crippen LogP contribution in [-0.4, -0.2) is 21.9 Å². The first kappa shape index (κ1) is 16.9. The van der Waals surface area contributed by atoms with Gasteiger partial charge >= 0.3 is 0 Å². The molecule has 3 aromatic rings. The smallest absolute Gasteiger partial charge is 0.267 e. The molecule has 0 fully saturated rings. The highest BCUT2D eigenvalue weighted by Gasteiger charge is 2.13. The van der Waals surface area contributed by atoms with Crippen LogP contribution in [-0.2, 0) is 0 Å². The Bertz CT molecular complexity index is 932. The van der Waals surface area contributed by atoms with Crippen molar-refractivity contribution in [3.8, 4) is 5.69 Å². The van der Waals surface area contributed by atoms with Gasteiger partial charge in [-0.1, -0.05) is 48.0 Å². The number of carbonyl (C=O) groups excluding carboxylic acids is 1. The molecule has 126 valence electrons. The summed E-state index contributed by atoms with van der Waals surface area (Å²) in [5.74, 6) is -0.265. The Labute approximate surface area is 150 Å².